The summed E-state index contributed by atoms with van der Waals surface area (Å²) in [7, 11) is 0. The van der Waals surface area contributed by atoms with E-state index in [1.807, 2.05) is 44.3 Å². The number of rotatable bonds is 9. The van der Waals surface area contributed by atoms with E-state index < -0.39 is 11.6 Å². The highest BCUT2D eigenvalue weighted by Crippen LogP contribution is 2.41. The molecule has 0 bridgehead atoms. The summed E-state index contributed by atoms with van der Waals surface area (Å²) in [4.78, 5) is 15.8. The van der Waals surface area contributed by atoms with Crippen LogP contribution in [0.5, 0.6) is 5.75 Å². The molecule has 1 aromatic heterocycles. The molecule has 4 unspecified atom stereocenters. The number of aromatic nitrogens is 1. The van der Waals surface area contributed by atoms with Crippen LogP contribution in [0.25, 0.3) is 10.9 Å². The predicted octanol–water partition coefficient (Wildman–Crippen LogP) is 3.37. The number of alkyl halides is 1. The molecular weight excluding hydrogens is 446 g/mol. The van der Waals surface area contributed by atoms with Gasteiger partial charge in [-0.15, -0.1) is 0 Å². The van der Waals surface area contributed by atoms with E-state index in [0.717, 1.165) is 35.9 Å². The molecule has 7 heteroatoms. The maximum atomic E-state index is 12.6. The van der Waals surface area contributed by atoms with Crippen LogP contribution in [0.1, 0.15) is 40.0 Å². The number of aliphatic hydroxyl groups excluding tert-OH is 1. The average molecular weight is 480 g/mol. The van der Waals surface area contributed by atoms with Crippen molar-refractivity contribution in [2.75, 3.05) is 18.5 Å². The molecule has 1 saturated carbocycles. The summed E-state index contributed by atoms with van der Waals surface area (Å²) in [5.74, 6) is 1.03. The Morgan fingerprint density at radius 3 is 2.93 bits per heavy atom. The summed E-state index contributed by atoms with van der Waals surface area (Å²) in [6.45, 7) is 6.76. The Balaban J connectivity index is 1.56. The summed E-state index contributed by atoms with van der Waals surface area (Å²) in [5.41, 5.74) is 6.78. The number of aliphatic hydroxyl groups is 1. The topological polar surface area (TPSA) is 100 Å². The minimum absolute atomic E-state index is 0.0878. The first kappa shape index (κ1) is 23.3. The maximum absolute atomic E-state index is 12.6. The number of benzene rings is 1. The van der Waals surface area contributed by atoms with Crippen LogP contribution in [-0.2, 0) is 4.79 Å². The highest BCUT2D eigenvalue weighted by molar-refractivity contribution is 9.09. The van der Waals surface area contributed by atoms with Crippen molar-refractivity contribution in [1.29, 1.82) is 0 Å². The number of H-pyrrole nitrogens is 1. The molecule has 0 saturated heterocycles. The standard InChI is InChI=1S/C23H34BrN3O3/c1-22(2,25)18-7-9-23(3,11-17(18)20(29)12-24)27-13-15(28)14-30-21-6-4-5-19-16(21)8-10-26-19/h4-6,8,10,15,17-18,26-28H,7,9,11-14,25H2,1-3H3. The lowest BCUT2D eigenvalue weighted by atomic mass is 9.63. The van der Waals surface area contributed by atoms with Gasteiger partial charge in [0.15, 0.2) is 0 Å². The van der Waals surface area contributed by atoms with Crippen LogP contribution in [0.3, 0.4) is 0 Å². The van der Waals surface area contributed by atoms with E-state index in [-0.39, 0.29) is 29.8 Å². The van der Waals surface area contributed by atoms with Gasteiger partial charge in [-0.1, -0.05) is 22.0 Å². The number of ketones is 1. The Labute approximate surface area is 187 Å². The number of fused-ring (bicyclic) bond motifs is 1. The zero-order chi connectivity index (χ0) is 21.9. The lowest BCUT2D eigenvalue weighted by Crippen LogP contribution is -2.57. The number of nitrogens with two attached hydrogens (primary N) is 1. The highest BCUT2D eigenvalue weighted by Gasteiger charge is 2.45. The van der Waals surface area contributed by atoms with Gasteiger partial charge in [0.25, 0.3) is 0 Å². The van der Waals surface area contributed by atoms with Crippen molar-refractivity contribution in [3.8, 4) is 5.75 Å². The summed E-state index contributed by atoms with van der Waals surface area (Å²) >= 11 is 3.33. The molecule has 3 rings (SSSR count). The number of hydrogen-bond acceptors (Lipinski definition) is 5. The monoisotopic (exact) mass is 479 g/mol. The van der Waals surface area contributed by atoms with Gasteiger partial charge in [-0.3, -0.25) is 4.79 Å². The van der Waals surface area contributed by atoms with E-state index in [4.69, 9.17) is 10.5 Å². The molecule has 4 atom stereocenters. The zero-order valence-electron chi connectivity index (χ0n) is 18.1. The molecule has 0 amide bonds. The van der Waals surface area contributed by atoms with Crippen LogP contribution < -0.4 is 15.8 Å². The SMILES string of the molecule is CC1(NCC(O)COc2cccc3[nH]ccc23)CCC(C(C)(C)N)C(C(=O)CBr)C1. The van der Waals surface area contributed by atoms with E-state index >= 15 is 0 Å². The third-order valence-corrected chi connectivity index (χ3v) is 6.97. The van der Waals surface area contributed by atoms with Crippen LogP contribution in [0.2, 0.25) is 0 Å². The summed E-state index contributed by atoms with van der Waals surface area (Å²) in [5, 5.41) is 15.3. The predicted molar refractivity (Wildman–Crippen MR) is 124 cm³/mol. The van der Waals surface area contributed by atoms with Crippen molar-refractivity contribution in [1.82, 2.24) is 10.3 Å². The number of ether oxygens (including phenoxy) is 1. The van der Waals surface area contributed by atoms with Crippen molar-refractivity contribution in [2.24, 2.45) is 17.6 Å². The van der Waals surface area contributed by atoms with Crippen LogP contribution in [-0.4, -0.2) is 51.5 Å². The maximum Gasteiger partial charge on any atom is 0.146 e. The molecule has 0 radical (unpaired) electrons. The molecule has 1 aliphatic carbocycles. The average Bonchev–Trinajstić information content (AvgIpc) is 3.18. The normalized spacial score (nSPS) is 25.9. The number of halogens is 1. The third-order valence-electron chi connectivity index (χ3n) is 6.41. The Hall–Kier alpha value is -1.41. The fourth-order valence-electron chi connectivity index (χ4n) is 4.68. The fraction of sp³-hybridized carbons (Fsp3) is 0.609. The van der Waals surface area contributed by atoms with Gasteiger partial charge in [0, 0.05) is 40.6 Å². The third kappa shape index (κ3) is 5.44. The van der Waals surface area contributed by atoms with Gasteiger partial charge in [0.05, 0.1) is 5.33 Å². The van der Waals surface area contributed by atoms with E-state index in [1.165, 1.54) is 0 Å². The summed E-state index contributed by atoms with van der Waals surface area (Å²) in [6, 6.07) is 7.79. The van der Waals surface area contributed by atoms with Gasteiger partial charge >= 0.3 is 0 Å². The lowest BCUT2D eigenvalue weighted by molar-refractivity contribution is -0.125. The largest absolute Gasteiger partial charge is 0.490 e. The molecule has 1 aliphatic rings. The molecule has 1 fully saturated rings. The molecular formula is C23H34BrN3O3. The first-order chi connectivity index (χ1) is 14.1. The second kappa shape index (κ2) is 9.39. The number of hydrogen-bond donors (Lipinski definition) is 4. The first-order valence-electron chi connectivity index (χ1n) is 10.6. The van der Waals surface area contributed by atoms with Crippen LogP contribution >= 0.6 is 15.9 Å². The molecule has 30 heavy (non-hydrogen) atoms. The molecule has 0 aliphatic heterocycles. The van der Waals surface area contributed by atoms with E-state index in [0.29, 0.717) is 11.9 Å². The summed E-state index contributed by atoms with van der Waals surface area (Å²) < 4.78 is 5.86. The van der Waals surface area contributed by atoms with Crippen molar-refractivity contribution in [3.05, 3.63) is 30.5 Å². The van der Waals surface area contributed by atoms with Gasteiger partial charge in [-0.2, -0.15) is 0 Å². The Kier molecular flexibility index (Phi) is 7.28. The van der Waals surface area contributed by atoms with Crippen molar-refractivity contribution < 1.29 is 14.6 Å². The number of β-amino-alcohol motifs (C(OH)–C–C–N with tert-alkyl or cyclic N) is 1. The molecule has 1 heterocycles. The smallest absolute Gasteiger partial charge is 0.146 e. The van der Waals surface area contributed by atoms with Crippen LogP contribution in [0, 0.1) is 11.8 Å². The van der Waals surface area contributed by atoms with Gasteiger partial charge < -0.3 is 25.9 Å². The molecule has 166 valence electrons. The van der Waals surface area contributed by atoms with Crippen molar-refractivity contribution in [3.63, 3.8) is 0 Å². The number of aromatic amines is 1. The zero-order valence-corrected chi connectivity index (χ0v) is 19.7. The molecule has 6 nitrogen and oxygen atoms in total. The van der Waals surface area contributed by atoms with Crippen molar-refractivity contribution >= 4 is 32.6 Å². The highest BCUT2D eigenvalue weighted by atomic mass is 79.9. The Morgan fingerprint density at radius 1 is 1.47 bits per heavy atom. The van der Waals surface area contributed by atoms with Gasteiger partial charge in [-0.05, 0) is 64.2 Å². The fourth-order valence-corrected chi connectivity index (χ4v) is 5.10. The van der Waals surface area contributed by atoms with Gasteiger partial charge in [0.1, 0.15) is 24.2 Å². The van der Waals surface area contributed by atoms with Crippen LogP contribution in [0.4, 0.5) is 0 Å². The van der Waals surface area contributed by atoms with E-state index in [2.05, 4.69) is 33.2 Å². The first-order valence-corrected chi connectivity index (χ1v) is 11.7. The number of carbonyl (C=O) groups excluding carboxylic acids is 1. The molecule has 2 aromatic rings. The summed E-state index contributed by atoms with van der Waals surface area (Å²) in [6.07, 6.45) is 3.75. The van der Waals surface area contributed by atoms with Gasteiger partial charge in [-0.25, -0.2) is 0 Å². The van der Waals surface area contributed by atoms with E-state index in [1.54, 1.807) is 0 Å². The number of Topliss-reactive ketones (excluding diaryl/α,β-unsaturated/α-hetero) is 1. The molecule has 0 spiro atoms. The quantitative estimate of drug-likeness (QED) is 0.413. The lowest BCUT2D eigenvalue weighted by Gasteiger charge is -2.47. The second-order valence-corrected chi connectivity index (χ2v) is 10.0. The second-order valence-electron chi connectivity index (χ2n) is 9.48. The minimum Gasteiger partial charge on any atom is -0.490 e. The van der Waals surface area contributed by atoms with Crippen LogP contribution in [0.15, 0.2) is 30.5 Å². The minimum atomic E-state index is -0.648. The van der Waals surface area contributed by atoms with E-state index in [9.17, 15) is 9.90 Å². The van der Waals surface area contributed by atoms with Crippen molar-refractivity contribution in [2.45, 2.75) is 57.2 Å². The number of nitrogens with one attached hydrogen (secondary N) is 2. The Morgan fingerprint density at radius 2 is 2.23 bits per heavy atom. The molecule has 1 aromatic carbocycles. The van der Waals surface area contributed by atoms with Gasteiger partial charge in [0.2, 0.25) is 0 Å². The number of carbonyl (C=O) groups is 1. The Bertz CT molecular complexity index is 863. The molecule has 5 N–H and O–H groups in total.